The number of non-ortho nitro benzene ring substituents is 1. The van der Waals surface area contributed by atoms with Crippen molar-refractivity contribution in [1.29, 1.82) is 0 Å². The fraction of sp³-hybridized carbons (Fsp3) is 0.364. The number of nitro groups is 1. The van der Waals surface area contributed by atoms with Crippen molar-refractivity contribution in [3.63, 3.8) is 0 Å². The first-order chi connectivity index (χ1) is 8.63. The topological polar surface area (TPSA) is 94.3 Å². The number of ketones is 1. The third-order valence-corrected chi connectivity index (χ3v) is 5.68. The summed E-state index contributed by atoms with van der Waals surface area (Å²) in [6, 6.07) is 4.81. The van der Waals surface area contributed by atoms with Crippen LogP contribution in [0.5, 0.6) is 0 Å². The van der Waals surface area contributed by atoms with Crippen LogP contribution in [-0.2, 0) is 9.84 Å². The van der Waals surface area contributed by atoms with Crippen LogP contribution in [-0.4, -0.2) is 29.1 Å². The molecule has 0 spiro atoms. The zero-order chi connectivity index (χ0) is 14.8. The molecule has 8 heteroatoms. The van der Waals surface area contributed by atoms with E-state index in [1.165, 1.54) is 25.1 Å². The van der Waals surface area contributed by atoms with Gasteiger partial charge in [-0.1, -0.05) is 30.7 Å². The minimum absolute atomic E-state index is 0.108. The number of carbonyl (C=O) groups is 1. The lowest BCUT2D eigenvalue weighted by atomic mass is 10.1. The van der Waals surface area contributed by atoms with Gasteiger partial charge in [-0.05, 0) is 6.92 Å². The Morgan fingerprint density at radius 3 is 2.53 bits per heavy atom. The Kier molecular flexibility index (Phi) is 4.32. The van der Waals surface area contributed by atoms with Gasteiger partial charge in [0.1, 0.15) is 0 Å². The van der Waals surface area contributed by atoms with Crippen LogP contribution in [0.2, 0.25) is 0 Å². The summed E-state index contributed by atoms with van der Waals surface area (Å²) >= 11 is 5.84. The molecule has 0 aliphatic rings. The average Bonchev–Trinajstić information content (AvgIpc) is 2.37. The molecule has 0 aliphatic carbocycles. The maximum Gasteiger partial charge on any atom is 0.270 e. The SMILES string of the molecule is CCS(=O)(=O)C(C)(Cl)C(=O)c1cccc([N+](=O)[O-])c1. The second-order valence-electron chi connectivity index (χ2n) is 3.96. The van der Waals surface area contributed by atoms with Gasteiger partial charge in [0.2, 0.25) is 4.21 Å². The summed E-state index contributed by atoms with van der Waals surface area (Å²) in [4.78, 5) is 22.1. The molecule has 0 saturated carbocycles. The van der Waals surface area contributed by atoms with E-state index in [2.05, 4.69) is 0 Å². The molecule has 0 amide bonds. The fourth-order valence-electron chi connectivity index (χ4n) is 1.43. The van der Waals surface area contributed by atoms with Gasteiger partial charge in [0.25, 0.3) is 5.69 Å². The van der Waals surface area contributed by atoms with Crippen molar-refractivity contribution in [2.75, 3.05) is 5.75 Å². The Labute approximate surface area is 115 Å². The van der Waals surface area contributed by atoms with Crippen molar-refractivity contribution in [2.24, 2.45) is 0 Å². The van der Waals surface area contributed by atoms with Crippen molar-refractivity contribution in [2.45, 2.75) is 18.1 Å². The molecule has 6 nitrogen and oxygen atoms in total. The predicted molar refractivity (Wildman–Crippen MR) is 71.1 cm³/mol. The van der Waals surface area contributed by atoms with E-state index in [0.717, 1.165) is 13.0 Å². The molecule has 0 saturated heterocycles. The molecular formula is C11H12ClNO5S. The van der Waals surface area contributed by atoms with Crippen LogP contribution in [0.15, 0.2) is 24.3 Å². The summed E-state index contributed by atoms with van der Waals surface area (Å²) in [7, 11) is -3.83. The zero-order valence-electron chi connectivity index (χ0n) is 10.3. The van der Waals surface area contributed by atoms with E-state index in [9.17, 15) is 23.3 Å². The van der Waals surface area contributed by atoms with Crippen molar-refractivity contribution in [3.05, 3.63) is 39.9 Å². The summed E-state index contributed by atoms with van der Waals surface area (Å²) in [5.74, 6) is -1.17. The third kappa shape index (κ3) is 2.93. The Morgan fingerprint density at radius 1 is 1.47 bits per heavy atom. The number of carbonyl (C=O) groups excluding carboxylic acids is 1. The molecule has 0 fully saturated rings. The average molecular weight is 306 g/mol. The molecular weight excluding hydrogens is 294 g/mol. The first-order valence-electron chi connectivity index (χ1n) is 5.34. The predicted octanol–water partition coefficient (Wildman–Crippen LogP) is 2.17. The first-order valence-corrected chi connectivity index (χ1v) is 7.37. The van der Waals surface area contributed by atoms with Gasteiger partial charge >= 0.3 is 0 Å². The minimum atomic E-state index is -3.83. The highest BCUT2D eigenvalue weighted by atomic mass is 35.5. The molecule has 0 bridgehead atoms. The number of rotatable bonds is 5. The molecule has 19 heavy (non-hydrogen) atoms. The normalized spacial score (nSPS) is 14.7. The standard InChI is InChI=1S/C11H12ClNO5S/c1-3-19(17,18)11(2,12)10(14)8-5-4-6-9(7-8)13(15)16/h4-7H,3H2,1-2H3. The summed E-state index contributed by atoms with van der Waals surface area (Å²) in [6.07, 6.45) is 0. The summed E-state index contributed by atoms with van der Waals surface area (Å²) in [6.45, 7) is 2.45. The fourth-order valence-corrected chi connectivity index (χ4v) is 2.81. The molecule has 1 atom stereocenters. The quantitative estimate of drug-likeness (QED) is 0.359. The number of Topliss-reactive ketones (excluding diaryl/α,β-unsaturated/α-hetero) is 1. The van der Waals surface area contributed by atoms with Crippen LogP contribution in [0.4, 0.5) is 5.69 Å². The number of benzene rings is 1. The van der Waals surface area contributed by atoms with Crippen LogP contribution < -0.4 is 0 Å². The highest BCUT2D eigenvalue weighted by Gasteiger charge is 2.43. The Balaban J connectivity index is 3.28. The smallest absolute Gasteiger partial charge is 0.270 e. The van der Waals surface area contributed by atoms with Gasteiger partial charge in [-0.2, -0.15) is 0 Å². The van der Waals surface area contributed by atoms with Gasteiger partial charge in [-0.15, -0.1) is 0 Å². The van der Waals surface area contributed by atoms with Gasteiger partial charge in [-0.25, -0.2) is 8.42 Å². The van der Waals surface area contributed by atoms with Crippen LogP contribution in [0.25, 0.3) is 0 Å². The third-order valence-electron chi connectivity index (χ3n) is 2.69. The Hall–Kier alpha value is -1.47. The number of nitro benzene ring substituents is 1. The maximum absolute atomic E-state index is 12.1. The second kappa shape index (κ2) is 5.26. The van der Waals surface area contributed by atoms with Crippen molar-refractivity contribution >= 4 is 32.9 Å². The van der Waals surface area contributed by atoms with E-state index < -0.39 is 24.8 Å². The van der Waals surface area contributed by atoms with Crippen molar-refractivity contribution in [1.82, 2.24) is 0 Å². The molecule has 1 unspecified atom stereocenters. The molecule has 0 radical (unpaired) electrons. The maximum atomic E-state index is 12.1. The monoisotopic (exact) mass is 305 g/mol. The van der Waals surface area contributed by atoms with Gasteiger partial charge in [0.15, 0.2) is 15.6 Å². The summed E-state index contributed by atoms with van der Waals surface area (Å²) < 4.78 is 21.4. The number of alkyl halides is 1. The second-order valence-corrected chi connectivity index (χ2v) is 7.56. The number of hydrogen-bond donors (Lipinski definition) is 0. The highest BCUT2D eigenvalue weighted by molar-refractivity contribution is 7.95. The summed E-state index contributed by atoms with van der Waals surface area (Å²) in [5.41, 5.74) is -0.407. The van der Waals surface area contributed by atoms with E-state index in [0.29, 0.717) is 0 Å². The van der Waals surface area contributed by atoms with Gasteiger partial charge < -0.3 is 0 Å². The Bertz CT molecular complexity index is 624. The highest BCUT2D eigenvalue weighted by Crippen LogP contribution is 2.29. The van der Waals surface area contributed by atoms with Crippen molar-refractivity contribution in [3.8, 4) is 0 Å². The molecule has 1 aromatic rings. The minimum Gasteiger partial charge on any atom is -0.291 e. The van der Waals surface area contributed by atoms with Gasteiger partial charge in [0, 0.05) is 23.4 Å². The van der Waals surface area contributed by atoms with E-state index in [4.69, 9.17) is 11.6 Å². The zero-order valence-corrected chi connectivity index (χ0v) is 11.9. The molecule has 1 aromatic carbocycles. The number of halogens is 1. The van der Waals surface area contributed by atoms with E-state index in [-0.39, 0.29) is 17.0 Å². The van der Waals surface area contributed by atoms with Crippen molar-refractivity contribution < 1.29 is 18.1 Å². The largest absolute Gasteiger partial charge is 0.291 e. The molecule has 0 heterocycles. The Morgan fingerprint density at radius 2 is 2.05 bits per heavy atom. The van der Waals surface area contributed by atoms with Crippen LogP contribution in [0.1, 0.15) is 24.2 Å². The lowest BCUT2D eigenvalue weighted by Gasteiger charge is -2.19. The molecule has 0 aromatic heterocycles. The van der Waals surface area contributed by atoms with Crippen LogP contribution in [0, 0.1) is 10.1 Å². The summed E-state index contributed by atoms with van der Waals surface area (Å²) in [5, 5.41) is 10.6. The van der Waals surface area contributed by atoms with E-state index in [1.54, 1.807) is 0 Å². The number of sulfone groups is 1. The lowest BCUT2D eigenvalue weighted by molar-refractivity contribution is -0.384. The first kappa shape index (κ1) is 15.6. The van der Waals surface area contributed by atoms with E-state index >= 15 is 0 Å². The van der Waals surface area contributed by atoms with Gasteiger partial charge in [0.05, 0.1) is 4.92 Å². The molecule has 1 rings (SSSR count). The number of hydrogen-bond acceptors (Lipinski definition) is 5. The van der Waals surface area contributed by atoms with Crippen LogP contribution >= 0.6 is 11.6 Å². The van der Waals surface area contributed by atoms with Crippen LogP contribution in [0.3, 0.4) is 0 Å². The van der Waals surface area contributed by atoms with Gasteiger partial charge in [-0.3, -0.25) is 14.9 Å². The van der Waals surface area contributed by atoms with E-state index in [1.807, 2.05) is 0 Å². The lowest BCUT2D eigenvalue weighted by Crippen LogP contribution is -2.39. The number of nitrogens with zero attached hydrogens (tertiary/aromatic N) is 1. The molecule has 104 valence electrons. The molecule has 0 N–H and O–H groups in total. The molecule has 0 aliphatic heterocycles.